The molecule has 0 radical (unpaired) electrons. The van der Waals surface area contributed by atoms with Crippen LogP contribution in [0.15, 0.2) is 66.3 Å². The van der Waals surface area contributed by atoms with Crippen molar-refractivity contribution in [3.05, 3.63) is 76.9 Å². The number of nitrogens with zero attached hydrogens (tertiary/aromatic N) is 5. The number of hydrogen-bond acceptors (Lipinski definition) is 6. The molecule has 2 aromatic carbocycles. The SMILES string of the molecule is O=C(c1ccc2c(cnn2-c2ccccc2)c1)N1CC(N[C@H]2CCN(C(=O)c3nccs3)C2)C1. The molecule has 4 heterocycles. The summed E-state index contributed by atoms with van der Waals surface area (Å²) >= 11 is 1.38. The highest BCUT2D eigenvalue weighted by atomic mass is 32.1. The number of para-hydroxylation sites is 1. The summed E-state index contributed by atoms with van der Waals surface area (Å²) in [5.74, 6) is 0.0510. The van der Waals surface area contributed by atoms with Crippen molar-refractivity contribution in [3.8, 4) is 5.69 Å². The average Bonchev–Trinajstić information content (AvgIpc) is 3.61. The highest BCUT2D eigenvalue weighted by Gasteiger charge is 2.35. The first-order valence-corrected chi connectivity index (χ1v) is 12.3. The Kier molecular flexibility index (Phi) is 5.35. The minimum absolute atomic E-state index is 0.00990. The van der Waals surface area contributed by atoms with E-state index < -0.39 is 0 Å². The van der Waals surface area contributed by atoms with Crippen LogP contribution in [0.25, 0.3) is 16.6 Å². The van der Waals surface area contributed by atoms with Crippen LogP contribution in [0.2, 0.25) is 0 Å². The van der Waals surface area contributed by atoms with Gasteiger partial charge in [-0.15, -0.1) is 11.3 Å². The molecule has 1 N–H and O–H groups in total. The van der Waals surface area contributed by atoms with E-state index in [9.17, 15) is 9.59 Å². The molecule has 0 saturated carbocycles. The molecule has 2 saturated heterocycles. The van der Waals surface area contributed by atoms with E-state index in [4.69, 9.17) is 0 Å². The first kappa shape index (κ1) is 21.0. The van der Waals surface area contributed by atoms with E-state index >= 15 is 0 Å². The largest absolute Gasteiger partial charge is 0.335 e. The molecule has 2 fully saturated rings. The maximum atomic E-state index is 13.0. The Labute approximate surface area is 200 Å². The molecule has 34 heavy (non-hydrogen) atoms. The molecule has 2 aliphatic heterocycles. The maximum absolute atomic E-state index is 13.0. The number of thiazole rings is 1. The Balaban J connectivity index is 1.05. The monoisotopic (exact) mass is 472 g/mol. The molecule has 8 nitrogen and oxygen atoms in total. The Morgan fingerprint density at radius 3 is 2.59 bits per heavy atom. The van der Waals surface area contributed by atoms with Gasteiger partial charge in [-0.2, -0.15) is 5.10 Å². The molecular formula is C25H24N6O2S. The topological polar surface area (TPSA) is 83.4 Å². The van der Waals surface area contributed by atoms with Crippen molar-refractivity contribution in [2.24, 2.45) is 0 Å². The lowest BCUT2D eigenvalue weighted by atomic mass is 10.0. The Hall–Kier alpha value is -3.56. The lowest BCUT2D eigenvalue weighted by Gasteiger charge is -2.41. The minimum atomic E-state index is 0.00990. The number of benzene rings is 2. The van der Waals surface area contributed by atoms with Gasteiger partial charge in [0.15, 0.2) is 5.01 Å². The van der Waals surface area contributed by atoms with Crippen LogP contribution >= 0.6 is 11.3 Å². The number of nitrogens with one attached hydrogen (secondary N) is 1. The van der Waals surface area contributed by atoms with E-state index in [-0.39, 0.29) is 23.9 Å². The van der Waals surface area contributed by atoms with Gasteiger partial charge in [0.05, 0.1) is 17.4 Å². The first-order chi connectivity index (χ1) is 16.7. The second kappa shape index (κ2) is 8.66. The Bertz CT molecular complexity index is 1330. The van der Waals surface area contributed by atoms with E-state index in [0.717, 1.165) is 29.6 Å². The zero-order valence-corrected chi connectivity index (χ0v) is 19.3. The molecule has 6 rings (SSSR count). The van der Waals surface area contributed by atoms with Crippen molar-refractivity contribution in [3.63, 3.8) is 0 Å². The van der Waals surface area contributed by atoms with Crippen LogP contribution in [0.1, 0.15) is 26.6 Å². The number of aromatic nitrogens is 3. The molecule has 4 aromatic rings. The van der Waals surface area contributed by atoms with Crippen LogP contribution in [-0.2, 0) is 0 Å². The van der Waals surface area contributed by atoms with Gasteiger partial charge in [0.1, 0.15) is 0 Å². The predicted octanol–water partition coefficient (Wildman–Crippen LogP) is 2.81. The summed E-state index contributed by atoms with van der Waals surface area (Å²) in [6, 6.07) is 16.2. The number of rotatable bonds is 5. The minimum Gasteiger partial charge on any atom is -0.335 e. The summed E-state index contributed by atoms with van der Waals surface area (Å²) in [5, 5.41) is 11.4. The van der Waals surface area contributed by atoms with Gasteiger partial charge in [-0.1, -0.05) is 18.2 Å². The third kappa shape index (κ3) is 3.86. The van der Waals surface area contributed by atoms with Crippen LogP contribution in [0.4, 0.5) is 0 Å². The van der Waals surface area contributed by atoms with E-state index in [1.54, 1.807) is 12.4 Å². The number of amides is 2. The van der Waals surface area contributed by atoms with E-state index in [1.165, 1.54) is 11.3 Å². The molecule has 0 aliphatic carbocycles. The summed E-state index contributed by atoms with van der Waals surface area (Å²) in [6.07, 6.45) is 4.39. The molecular weight excluding hydrogens is 448 g/mol. The van der Waals surface area contributed by atoms with Gasteiger partial charge < -0.3 is 15.1 Å². The van der Waals surface area contributed by atoms with Gasteiger partial charge in [0.2, 0.25) is 0 Å². The zero-order valence-electron chi connectivity index (χ0n) is 18.5. The fourth-order valence-corrected chi connectivity index (χ4v) is 5.35. The normalized spacial score (nSPS) is 18.4. The van der Waals surface area contributed by atoms with Crippen molar-refractivity contribution in [2.75, 3.05) is 26.2 Å². The van der Waals surface area contributed by atoms with Crippen LogP contribution < -0.4 is 5.32 Å². The van der Waals surface area contributed by atoms with Crippen LogP contribution in [0.3, 0.4) is 0 Å². The lowest BCUT2D eigenvalue weighted by molar-refractivity contribution is 0.0553. The van der Waals surface area contributed by atoms with Gasteiger partial charge in [0.25, 0.3) is 11.8 Å². The van der Waals surface area contributed by atoms with Gasteiger partial charge in [-0.3, -0.25) is 9.59 Å². The third-order valence-electron chi connectivity index (χ3n) is 6.55. The molecule has 0 bridgehead atoms. The van der Waals surface area contributed by atoms with Crippen LogP contribution in [-0.4, -0.2) is 74.6 Å². The predicted molar refractivity (Wildman–Crippen MR) is 130 cm³/mol. The summed E-state index contributed by atoms with van der Waals surface area (Å²) in [6.45, 7) is 2.78. The van der Waals surface area contributed by atoms with Crippen LogP contribution in [0, 0.1) is 0 Å². The first-order valence-electron chi connectivity index (χ1n) is 11.4. The van der Waals surface area contributed by atoms with E-state index in [0.29, 0.717) is 30.2 Å². The molecule has 0 spiro atoms. The lowest BCUT2D eigenvalue weighted by Crippen LogP contribution is -2.62. The third-order valence-corrected chi connectivity index (χ3v) is 7.31. The number of hydrogen-bond donors (Lipinski definition) is 1. The summed E-state index contributed by atoms with van der Waals surface area (Å²) in [4.78, 5) is 33.4. The van der Waals surface area contributed by atoms with E-state index in [1.807, 2.05) is 68.4 Å². The molecule has 1 atom stereocenters. The number of carbonyl (C=O) groups is 2. The summed E-state index contributed by atoms with van der Waals surface area (Å²) in [7, 11) is 0. The van der Waals surface area contributed by atoms with Gasteiger partial charge in [-0.05, 0) is 36.8 Å². The maximum Gasteiger partial charge on any atom is 0.282 e. The highest BCUT2D eigenvalue weighted by molar-refractivity contribution is 7.11. The van der Waals surface area contributed by atoms with Crippen LogP contribution in [0.5, 0.6) is 0 Å². The summed E-state index contributed by atoms with van der Waals surface area (Å²) in [5.41, 5.74) is 2.65. The zero-order chi connectivity index (χ0) is 23.1. The molecule has 2 amide bonds. The molecule has 0 unspecified atom stereocenters. The fraction of sp³-hybridized carbons (Fsp3) is 0.280. The van der Waals surface area contributed by atoms with Crippen molar-refractivity contribution < 1.29 is 9.59 Å². The highest BCUT2D eigenvalue weighted by Crippen LogP contribution is 2.23. The number of fused-ring (bicyclic) bond motifs is 1. The summed E-state index contributed by atoms with van der Waals surface area (Å²) < 4.78 is 1.89. The smallest absolute Gasteiger partial charge is 0.282 e. The van der Waals surface area contributed by atoms with Crippen molar-refractivity contribution in [1.29, 1.82) is 0 Å². The molecule has 9 heteroatoms. The van der Waals surface area contributed by atoms with Gasteiger partial charge in [-0.25, -0.2) is 9.67 Å². The standard InChI is InChI=1S/C25H24N6O2S/c32-24(17-6-7-22-18(12-17)13-27-31(22)21-4-2-1-3-5-21)30-15-20(16-30)28-19-8-10-29(14-19)25(33)23-26-9-11-34-23/h1-7,9,11-13,19-20,28H,8,10,14-16H2/t19-/m0/s1. The molecule has 2 aromatic heterocycles. The molecule has 2 aliphatic rings. The van der Waals surface area contributed by atoms with E-state index in [2.05, 4.69) is 15.4 Å². The van der Waals surface area contributed by atoms with Crippen molar-refractivity contribution >= 4 is 34.1 Å². The second-order valence-corrected chi connectivity index (χ2v) is 9.71. The van der Waals surface area contributed by atoms with Gasteiger partial charge >= 0.3 is 0 Å². The quantitative estimate of drug-likeness (QED) is 0.483. The number of likely N-dealkylation sites (tertiary alicyclic amines) is 2. The number of carbonyl (C=O) groups excluding carboxylic acids is 2. The Morgan fingerprint density at radius 1 is 0.971 bits per heavy atom. The van der Waals surface area contributed by atoms with Gasteiger partial charge in [0, 0.05) is 60.8 Å². The van der Waals surface area contributed by atoms with Crippen molar-refractivity contribution in [1.82, 2.24) is 29.9 Å². The average molecular weight is 473 g/mol. The molecule has 172 valence electrons. The fourth-order valence-electron chi connectivity index (χ4n) is 4.75. The van der Waals surface area contributed by atoms with Crippen molar-refractivity contribution in [2.45, 2.75) is 18.5 Å². The Morgan fingerprint density at radius 2 is 1.79 bits per heavy atom. The second-order valence-electron chi connectivity index (χ2n) is 8.81.